The van der Waals surface area contributed by atoms with Crippen molar-refractivity contribution in [1.82, 2.24) is 9.55 Å². The number of pyridine rings is 1. The Labute approximate surface area is 515 Å². The summed E-state index contributed by atoms with van der Waals surface area (Å²) in [4.78, 5) is 9.58. The van der Waals surface area contributed by atoms with E-state index in [-0.39, 0.29) is 37.3 Å². The molecule has 0 amide bonds. The Balaban J connectivity index is 0.00000672. The monoisotopic (exact) mass is 1280 g/mol. The van der Waals surface area contributed by atoms with Crippen molar-refractivity contribution >= 4 is 44.6 Å². The van der Waals surface area contributed by atoms with Crippen LogP contribution in [0.2, 0.25) is 0 Å². The number of anilines is 4. The van der Waals surface area contributed by atoms with Crippen molar-refractivity contribution in [2.24, 2.45) is 0 Å². The van der Waals surface area contributed by atoms with Crippen LogP contribution >= 0.6 is 0 Å². The van der Waals surface area contributed by atoms with Gasteiger partial charge in [-0.1, -0.05) is 232 Å². The minimum Gasteiger partial charge on any atom is -0.509 e. The smallest absolute Gasteiger partial charge is 0.135 e. The first kappa shape index (κ1) is 55.4. The second-order valence-electron chi connectivity index (χ2n) is 25.7. The van der Waals surface area contributed by atoms with Gasteiger partial charge in [-0.05, 0) is 119 Å². The maximum Gasteiger partial charge on any atom is 0.135 e. The van der Waals surface area contributed by atoms with Gasteiger partial charge in [0.1, 0.15) is 5.82 Å². The molecule has 1 aliphatic heterocycles. The van der Waals surface area contributed by atoms with Crippen LogP contribution in [0, 0.1) is 18.8 Å². The van der Waals surface area contributed by atoms with E-state index in [2.05, 4.69) is 314 Å². The first-order chi connectivity index (χ1) is 40.5. The van der Waals surface area contributed by atoms with Crippen LogP contribution in [0.1, 0.15) is 101 Å². The molecule has 2 aromatic heterocycles. The number of benzene rings is 10. The third kappa shape index (κ3) is 9.49. The normalized spacial score (nSPS) is 13.6. The minimum atomic E-state index is -0.561. The number of rotatable bonds is 9. The van der Waals surface area contributed by atoms with E-state index < -0.39 is 5.41 Å². The standard InChI is InChI=1S/C79H67N4O.Pt/c1-76(2,3)56-42-43-80-74(48-56)83-70-35-19-17-31-66(70)67-41-39-61(50-73(67)83)84-60-29-22-28-59(49-60)81-51-82(72-37-21-20-36-71(72)81)75-62(32-23-33-63(75)53-44-57(77(4,5)6)47-58(45-53)78(7,8)9)52-38-40-65-64-30-16-18-34-68(64)79(69(65)46-52,54-24-12-10-13-25-54)55-26-14-11-15-27-55;/h10-48,51H,1-9H3;/q-3;. The molecule has 85 heavy (non-hydrogen) atoms. The Morgan fingerprint density at radius 2 is 1.01 bits per heavy atom. The molecule has 14 rings (SSSR count). The summed E-state index contributed by atoms with van der Waals surface area (Å²) < 4.78 is 9.03. The summed E-state index contributed by atoms with van der Waals surface area (Å²) in [5.74, 6) is 2.02. The van der Waals surface area contributed by atoms with Gasteiger partial charge in [0.05, 0.1) is 5.41 Å². The van der Waals surface area contributed by atoms with E-state index in [0.29, 0.717) is 11.5 Å². The summed E-state index contributed by atoms with van der Waals surface area (Å²) in [5, 5.41) is 2.22. The summed E-state index contributed by atoms with van der Waals surface area (Å²) in [6.45, 7) is 22.9. The van der Waals surface area contributed by atoms with Crippen LogP contribution in [0.15, 0.2) is 237 Å². The number of hydrogen-bond acceptors (Lipinski definition) is 4. The maximum atomic E-state index is 6.82. The van der Waals surface area contributed by atoms with Crippen LogP contribution in [0.25, 0.3) is 61.0 Å². The van der Waals surface area contributed by atoms with Gasteiger partial charge < -0.3 is 19.1 Å². The van der Waals surface area contributed by atoms with Crippen molar-refractivity contribution in [3.05, 3.63) is 294 Å². The Kier molecular flexibility index (Phi) is 13.7. The largest absolute Gasteiger partial charge is 0.509 e. The Bertz CT molecular complexity index is 4450. The molecular weight excluding hydrogens is 1220 g/mol. The topological polar surface area (TPSA) is 33.5 Å². The van der Waals surface area contributed by atoms with Gasteiger partial charge in [0.2, 0.25) is 0 Å². The zero-order valence-corrected chi connectivity index (χ0v) is 51.9. The average molecular weight is 1280 g/mol. The van der Waals surface area contributed by atoms with Crippen LogP contribution in [0.4, 0.5) is 22.7 Å². The second-order valence-corrected chi connectivity index (χ2v) is 25.7. The maximum absolute atomic E-state index is 6.82. The van der Waals surface area contributed by atoms with Crippen LogP contribution in [-0.4, -0.2) is 9.55 Å². The van der Waals surface area contributed by atoms with Crippen molar-refractivity contribution in [1.29, 1.82) is 0 Å². The first-order valence-electron chi connectivity index (χ1n) is 29.3. The van der Waals surface area contributed by atoms with Crippen LogP contribution in [0.5, 0.6) is 11.5 Å². The van der Waals surface area contributed by atoms with Crippen molar-refractivity contribution < 1.29 is 25.8 Å². The first-order valence-corrected chi connectivity index (χ1v) is 29.3. The van der Waals surface area contributed by atoms with Crippen molar-refractivity contribution in [2.75, 3.05) is 9.80 Å². The Hall–Kier alpha value is -8.76. The Morgan fingerprint density at radius 1 is 0.435 bits per heavy atom. The number of fused-ring (bicyclic) bond motifs is 7. The molecular formula is C79H67N4OPt-3. The van der Waals surface area contributed by atoms with Crippen LogP contribution < -0.4 is 14.5 Å². The zero-order valence-electron chi connectivity index (χ0n) is 49.6. The zero-order chi connectivity index (χ0) is 57.7. The van der Waals surface area contributed by atoms with Gasteiger partial charge in [-0.2, -0.15) is 12.1 Å². The number of aromatic nitrogens is 2. The third-order valence-electron chi connectivity index (χ3n) is 17.3. The number of ether oxygens (including phenoxy) is 1. The van der Waals surface area contributed by atoms with Crippen molar-refractivity contribution in [2.45, 2.75) is 84.0 Å². The van der Waals surface area contributed by atoms with E-state index in [9.17, 15) is 0 Å². The van der Waals surface area contributed by atoms with Gasteiger partial charge in [-0.3, -0.25) is 0 Å². The molecule has 12 aromatic rings. The molecule has 3 heterocycles. The summed E-state index contributed by atoms with van der Waals surface area (Å²) >= 11 is 0. The number of nitrogens with zero attached hydrogens (tertiary/aromatic N) is 4. The summed E-state index contributed by atoms with van der Waals surface area (Å²) in [7, 11) is 0. The van der Waals surface area contributed by atoms with Gasteiger partial charge in [-0.25, -0.2) is 4.98 Å². The predicted octanol–water partition coefficient (Wildman–Crippen LogP) is 20.6. The molecule has 6 heteroatoms. The molecule has 0 bridgehead atoms. The van der Waals surface area contributed by atoms with Crippen LogP contribution in [-0.2, 0) is 42.7 Å². The van der Waals surface area contributed by atoms with Gasteiger partial charge >= 0.3 is 0 Å². The molecule has 0 N–H and O–H groups in total. The quantitative estimate of drug-likeness (QED) is 0.135. The molecule has 422 valence electrons. The molecule has 10 aromatic carbocycles. The Morgan fingerprint density at radius 3 is 1.71 bits per heavy atom. The fraction of sp³-hybridized carbons (Fsp3) is 0.165. The van der Waals surface area contributed by atoms with Crippen LogP contribution in [0.3, 0.4) is 0 Å². The third-order valence-corrected chi connectivity index (χ3v) is 17.3. The molecule has 0 spiro atoms. The summed E-state index contributed by atoms with van der Waals surface area (Å²) in [6.07, 6.45) is 1.91. The second kappa shape index (κ2) is 21.1. The predicted molar refractivity (Wildman–Crippen MR) is 349 cm³/mol. The van der Waals surface area contributed by atoms with E-state index in [0.717, 1.165) is 67.1 Å². The van der Waals surface area contributed by atoms with Gasteiger partial charge in [0.25, 0.3) is 0 Å². The molecule has 2 aliphatic rings. The molecule has 0 radical (unpaired) electrons. The molecule has 0 fully saturated rings. The van der Waals surface area contributed by atoms with E-state index in [1.807, 2.05) is 18.3 Å². The molecule has 0 saturated heterocycles. The number of para-hydroxylation sites is 4. The van der Waals surface area contributed by atoms with E-state index >= 15 is 0 Å². The average Bonchev–Trinajstić information content (AvgIpc) is 1.61. The van der Waals surface area contributed by atoms with Gasteiger partial charge in [-0.15, -0.1) is 48.1 Å². The minimum absolute atomic E-state index is 0. The summed E-state index contributed by atoms with van der Waals surface area (Å²) in [5.41, 5.74) is 21.1. The number of hydrogen-bond donors (Lipinski definition) is 0. The molecule has 5 nitrogen and oxygen atoms in total. The molecule has 0 saturated carbocycles. The van der Waals surface area contributed by atoms with E-state index in [4.69, 9.17) is 9.72 Å². The van der Waals surface area contributed by atoms with E-state index in [1.54, 1.807) is 0 Å². The fourth-order valence-electron chi connectivity index (χ4n) is 12.9. The molecule has 0 atom stereocenters. The summed E-state index contributed by atoms with van der Waals surface area (Å²) in [6, 6.07) is 91.7. The van der Waals surface area contributed by atoms with E-state index in [1.165, 1.54) is 55.6 Å². The van der Waals surface area contributed by atoms with Gasteiger partial charge in [0.15, 0.2) is 0 Å². The van der Waals surface area contributed by atoms with Crippen molar-refractivity contribution in [3.63, 3.8) is 0 Å². The fourth-order valence-corrected chi connectivity index (χ4v) is 12.9. The van der Waals surface area contributed by atoms with Gasteiger partial charge in [0, 0.05) is 72.5 Å². The van der Waals surface area contributed by atoms with Crippen molar-refractivity contribution in [3.8, 4) is 50.7 Å². The molecule has 1 aliphatic carbocycles. The SMILES string of the molecule is CC(C)(C)c1cc(-c2cccc(-c3ccc4c(c3)C(c3ccccc3)(c3ccccc3)c3ccccc3-4)c2N2[CH-]N(c3[c-]c(Oc4[c-]c5c(cc4)c4ccccc4n5-c4cc(C(C)(C)C)ccn4)ccc3)c3ccccc32)cc(C(C)(C)C)c1.[Pt]. The molecule has 0 unspecified atom stereocenters.